The molecule has 0 rings (SSSR count). The summed E-state index contributed by atoms with van der Waals surface area (Å²) >= 11 is 0. The van der Waals surface area contributed by atoms with Gasteiger partial charge in [-0.2, -0.15) is 0 Å². The van der Waals surface area contributed by atoms with Crippen molar-refractivity contribution in [2.24, 2.45) is 0 Å². The van der Waals surface area contributed by atoms with Gasteiger partial charge in [-0.05, 0) is 38.9 Å². The van der Waals surface area contributed by atoms with E-state index in [0.29, 0.717) is 0 Å². The lowest BCUT2D eigenvalue weighted by Crippen LogP contribution is -2.39. The third-order valence-corrected chi connectivity index (χ3v) is 7.17. The molecule has 212 valence electrons. The zero-order chi connectivity index (χ0) is 25.5. The zero-order valence-electron chi connectivity index (χ0n) is 24.7. The molecule has 0 unspecified atom stereocenters. The monoisotopic (exact) mass is 497 g/mol. The maximum Gasteiger partial charge on any atom is 0.0455 e. The smallest absolute Gasteiger partial charge is 0.0455 e. The van der Waals surface area contributed by atoms with Gasteiger partial charge in [-0.15, -0.1) is 0 Å². The van der Waals surface area contributed by atoms with Crippen molar-refractivity contribution < 1.29 is 0 Å². The van der Waals surface area contributed by atoms with Crippen LogP contribution in [0.3, 0.4) is 0 Å². The van der Waals surface area contributed by atoms with Crippen molar-refractivity contribution in [2.75, 3.05) is 52.5 Å². The van der Waals surface area contributed by atoms with Crippen LogP contribution in [0.2, 0.25) is 0 Å². The van der Waals surface area contributed by atoms with Crippen LogP contribution in [0.5, 0.6) is 0 Å². The van der Waals surface area contributed by atoms with Gasteiger partial charge in [0.15, 0.2) is 0 Å². The number of nitrogens with one attached hydrogen (secondary N) is 3. The zero-order valence-corrected chi connectivity index (χ0v) is 24.7. The van der Waals surface area contributed by atoms with Gasteiger partial charge in [0.25, 0.3) is 0 Å². The van der Waals surface area contributed by atoms with Crippen molar-refractivity contribution in [1.82, 2.24) is 20.9 Å². The van der Waals surface area contributed by atoms with Crippen molar-refractivity contribution in [3.05, 3.63) is 0 Å². The lowest BCUT2D eigenvalue weighted by Gasteiger charge is -2.23. The van der Waals surface area contributed by atoms with Gasteiger partial charge in [-0.3, -0.25) is 0 Å². The molecule has 4 heteroatoms. The number of rotatable bonds is 31. The Hall–Kier alpha value is -0.160. The predicted octanol–water partition coefficient (Wildman–Crippen LogP) is 7.88. The van der Waals surface area contributed by atoms with Crippen molar-refractivity contribution in [2.45, 2.75) is 149 Å². The summed E-state index contributed by atoms with van der Waals surface area (Å²) in [5, 5.41) is 10.5. The summed E-state index contributed by atoms with van der Waals surface area (Å²) in [6.07, 6.45) is 28.3. The van der Waals surface area contributed by atoms with Gasteiger partial charge >= 0.3 is 0 Å². The van der Waals surface area contributed by atoms with Gasteiger partial charge in [0.1, 0.15) is 0 Å². The minimum Gasteiger partial charge on any atom is -0.315 e. The molecule has 0 spiro atoms. The molecule has 0 aliphatic carbocycles. The van der Waals surface area contributed by atoms with E-state index in [4.69, 9.17) is 0 Å². The molecule has 4 nitrogen and oxygen atoms in total. The molecule has 0 bridgehead atoms. The summed E-state index contributed by atoms with van der Waals surface area (Å²) in [6, 6.07) is 0. The summed E-state index contributed by atoms with van der Waals surface area (Å²) in [7, 11) is 0. The fourth-order valence-corrected chi connectivity index (χ4v) is 4.79. The van der Waals surface area contributed by atoms with Crippen LogP contribution in [-0.2, 0) is 0 Å². The molecule has 0 saturated heterocycles. The van der Waals surface area contributed by atoms with E-state index >= 15 is 0 Å². The molecule has 0 amide bonds. The van der Waals surface area contributed by atoms with Crippen molar-refractivity contribution in [3.8, 4) is 0 Å². The van der Waals surface area contributed by atoms with Gasteiger partial charge in [-0.1, -0.05) is 130 Å². The first kappa shape index (κ1) is 34.8. The highest BCUT2D eigenvalue weighted by Gasteiger charge is 2.05. The lowest BCUT2D eigenvalue weighted by molar-refractivity contribution is 0.259. The van der Waals surface area contributed by atoms with E-state index in [0.717, 1.165) is 32.8 Å². The molecule has 0 atom stereocenters. The van der Waals surface area contributed by atoms with Crippen molar-refractivity contribution in [1.29, 1.82) is 0 Å². The molecular formula is C31H68N4. The first-order valence-electron chi connectivity index (χ1n) is 16.2. The average molecular weight is 497 g/mol. The molecule has 0 aromatic rings. The van der Waals surface area contributed by atoms with Crippen LogP contribution in [0.4, 0.5) is 0 Å². The van der Waals surface area contributed by atoms with E-state index < -0.39 is 0 Å². The Morgan fingerprint density at radius 3 is 1.20 bits per heavy atom. The highest BCUT2D eigenvalue weighted by molar-refractivity contribution is 4.62. The second-order valence-electron chi connectivity index (χ2n) is 10.8. The number of hydrogen-bond donors (Lipinski definition) is 3. The van der Waals surface area contributed by atoms with Crippen LogP contribution in [0, 0.1) is 0 Å². The van der Waals surface area contributed by atoms with Crippen LogP contribution in [-0.4, -0.2) is 57.4 Å². The van der Waals surface area contributed by atoms with Crippen LogP contribution < -0.4 is 16.0 Å². The Morgan fingerprint density at radius 2 is 0.743 bits per heavy atom. The van der Waals surface area contributed by atoms with E-state index in [1.54, 1.807) is 0 Å². The van der Waals surface area contributed by atoms with Crippen LogP contribution in [0.15, 0.2) is 0 Å². The maximum atomic E-state index is 3.60. The van der Waals surface area contributed by atoms with Gasteiger partial charge in [-0.25, -0.2) is 0 Å². The highest BCUT2D eigenvalue weighted by Crippen LogP contribution is 2.12. The van der Waals surface area contributed by atoms with Gasteiger partial charge in [0.05, 0.1) is 0 Å². The molecule has 3 N–H and O–H groups in total. The van der Waals surface area contributed by atoms with Crippen LogP contribution in [0.25, 0.3) is 0 Å². The first-order valence-corrected chi connectivity index (χ1v) is 16.2. The predicted molar refractivity (Wildman–Crippen MR) is 160 cm³/mol. The number of unbranched alkanes of at least 4 members (excludes halogenated alkanes) is 17. The second-order valence-corrected chi connectivity index (χ2v) is 10.8. The van der Waals surface area contributed by atoms with Crippen LogP contribution >= 0.6 is 0 Å². The Labute approximate surface area is 222 Å². The largest absolute Gasteiger partial charge is 0.315 e. The quantitative estimate of drug-likeness (QED) is 0.0674. The topological polar surface area (TPSA) is 39.3 Å². The molecule has 0 aliphatic rings. The summed E-state index contributed by atoms with van der Waals surface area (Å²) in [5.74, 6) is 0. The molecule has 0 heterocycles. The summed E-state index contributed by atoms with van der Waals surface area (Å²) < 4.78 is 0. The third kappa shape index (κ3) is 30.0. The molecule has 0 fully saturated rings. The SMILES string of the molecule is CCCCCCCCCCCCN(CCCCCCCCCCC)CCNCNCCNCCC. The second kappa shape index (κ2) is 31.9. The fraction of sp³-hybridized carbons (Fsp3) is 1.00. The molecule has 0 saturated carbocycles. The Morgan fingerprint density at radius 1 is 0.343 bits per heavy atom. The highest BCUT2D eigenvalue weighted by atomic mass is 15.1. The average Bonchev–Trinajstić information content (AvgIpc) is 2.87. The minimum absolute atomic E-state index is 0.929. The number of hydrogen-bond acceptors (Lipinski definition) is 4. The molecular weight excluding hydrogens is 428 g/mol. The Kier molecular flexibility index (Phi) is 31.7. The molecule has 0 aliphatic heterocycles. The Balaban J connectivity index is 3.85. The summed E-state index contributed by atoms with van der Waals surface area (Å²) in [4.78, 5) is 2.74. The summed E-state index contributed by atoms with van der Waals surface area (Å²) in [6.45, 7) is 15.9. The standard InChI is InChI=1S/C31H68N4/c1-4-7-9-11-13-15-17-19-21-23-29-35(28-22-20-18-16-14-12-10-8-5-2)30-27-34-31-33-26-25-32-24-6-3/h32-34H,4-31H2,1-3H3. The first-order chi connectivity index (χ1) is 17.3. The normalized spacial score (nSPS) is 11.7. The molecule has 35 heavy (non-hydrogen) atoms. The van der Waals surface area contributed by atoms with Gasteiger partial charge in [0, 0.05) is 32.8 Å². The van der Waals surface area contributed by atoms with E-state index in [-0.39, 0.29) is 0 Å². The minimum atomic E-state index is 0.929. The molecule has 0 radical (unpaired) electrons. The van der Waals surface area contributed by atoms with Crippen molar-refractivity contribution in [3.63, 3.8) is 0 Å². The number of nitrogens with zero attached hydrogens (tertiary/aromatic N) is 1. The third-order valence-electron chi connectivity index (χ3n) is 7.17. The Bertz CT molecular complexity index is 342. The maximum absolute atomic E-state index is 3.60. The molecule has 0 aromatic carbocycles. The molecule has 0 aromatic heterocycles. The van der Waals surface area contributed by atoms with E-state index in [9.17, 15) is 0 Å². The van der Waals surface area contributed by atoms with E-state index in [1.807, 2.05) is 0 Å². The fourth-order valence-electron chi connectivity index (χ4n) is 4.79. The van der Waals surface area contributed by atoms with E-state index in [2.05, 4.69) is 41.6 Å². The van der Waals surface area contributed by atoms with E-state index in [1.165, 1.54) is 148 Å². The lowest BCUT2D eigenvalue weighted by atomic mass is 10.1. The van der Waals surface area contributed by atoms with Crippen molar-refractivity contribution >= 4 is 0 Å². The van der Waals surface area contributed by atoms with Gasteiger partial charge in [0.2, 0.25) is 0 Å². The summed E-state index contributed by atoms with van der Waals surface area (Å²) in [5.41, 5.74) is 0. The van der Waals surface area contributed by atoms with Crippen LogP contribution in [0.1, 0.15) is 149 Å². The van der Waals surface area contributed by atoms with Gasteiger partial charge < -0.3 is 20.9 Å².